The number of carbonyl (C=O) groups excluding carboxylic acids is 1. The zero-order chi connectivity index (χ0) is 15.1. The fourth-order valence-corrected chi connectivity index (χ4v) is 1.75. The van der Waals surface area contributed by atoms with E-state index in [1.807, 2.05) is 0 Å². The van der Waals surface area contributed by atoms with Gasteiger partial charge in [0.25, 0.3) is 5.69 Å². The number of nitrogens with zero attached hydrogens (tertiary/aromatic N) is 1. The number of ether oxygens (including phenoxy) is 1. The topological polar surface area (TPSA) is 107 Å². The normalized spacial score (nSPS) is 11.9. The molecule has 1 amide bonds. The quantitative estimate of drug-likeness (QED) is 0.448. The minimum absolute atomic E-state index is 0.0207. The summed E-state index contributed by atoms with van der Waals surface area (Å²) in [6.45, 7) is 2.17. The minimum atomic E-state index is -0.624. The van der Waals surface area contributed by atoms with Crippen LogP contribution in [0.25, 0.3) is 0 Å². The van der Waals surface area contributed by atoms with Gasteiger partial charge in [-0.1, -0.05) is 0 Å². The third kappa shape index (κ3) is 4.60. The summed E-state index contributed by atoms with van der Waals surface area (Å²) in [5, 5.41) is 13.3. The van der Waals surface area contributed by atoms with Crippen molar-refractivity contribution in [2.45, 2.75) is 25.8 Å². The number of rotatable bonds is 7. The largest absolute Gasteiger partial charge is 0.385 e. The number of nitrogens with two attached hydrogens (primary N) is 1. The summed E-state index contributed by atoms with van der Waals surface area (Å²) in [5.41, 5.74) is 6.75. The first kappa shape index (κ1) is 16.1. The maximum atomic E-state index is 11.8. The zero-order valence-electron chi connectivity index (χ0n) is 11.6. The Labute approximate surface area is 117 Å². The third-order valence-electron chi connectivity index (χ3n) is 2.86. The second-order valence-corrected chi connectivity index (χ2v) is 4.49. The van der Waals surface area contributed by atoms with E-state index < -0.39 is 11.0 Å². The number of anilines is 1. The molecule has 1 aromatic rings. The number of carbonyl (C=O) groups is 1. The first-order valence-electron chi connectivity index (χ1n) is 6.26. The van der Waals surface area contributed by atoms with Crippen molar-refractivity contribution >= 4 is 17.3 Å². The molecule has 0 aromatic heterocycles. The molecule has 0 saturated heterocycles. The Morgan fingerprint density at radius 2 is 2.25 bits per heavy atom. The number of hydrogen-bond donors (Lipinski definition) is 2. The lowest BCUT2D eigenvalue weighted by Crippen LogP contribution is -2.35. The van der Waals surface area contributed by atoms with Crippen molar-refractivity contribution in [1.29, 1.82) is 0 Å². The standard InChI is InChI=1S/C13H19N3O4/c1-9-8-10(5-6-12(9)16(18)19)15-13(17)11(14)4-3-7-20-2/h5-6,8,11H,3-4,7,14H2,1-2H3,(H,15,17). The molecule has 3 N–H and O–H groups in total. The molecule has 1 unspecified atom stereocenters. The van der Waals surface area contributed by atoms with Crippen molar-refractivity contribution in [3.8, 4) is 0 Å². The lowest BCUT2D eigenvalue weighted by molar-refractivity contribution is -0.385. The molecule has 0 radical (unpaired) electrons. The van der Waals surface area contributed by atoms with E-state index in [1.54, 1.807) is 20.1 Å². The van der Waals surface area contributed by atoms with E-state index in [0.29, 0.717) is 30.7 Å². The van der Waals surface area contributed by atoms with E-state index in [4.69, 9.17) is 10.5 Å². The molecule has 1 atom stereocenters. The van der Waals surface area contributed by atoms with Crippen molar-refractivity contribution in [2.75, 3.05) is 19.0 Å². The summed E-state index contributed by atoms with van der Waals surface area (Å²) in [6, 6.07) is 3.78. The van der Waals surface area contributed by atoms with E-state index in [2.05, 4.69) is 5.32 Å². The predicted octanol–water partition coefficient (Wildman–Crippen LogP) is 1.60. The van der Waals surface area contributed by atoms with Crippen LogP contribution in [-0.4, -0.2) is 30.6 Å². The summed E-state index contributed by atoms with van der Waals surface area (Å²) < 4.78 is 4.89. The van der Waals surface area contributed by atoms with Crippen LogP contribution >= 0.6 is 0 Å². The molecule has 110 valence electrons. The van der Waals surface area contributed by atoms with Gasteiger partial charge in [-0.05, 0) is 31.9 Å². The van der Waals surface area contributed by atoms with E-state index in [-0.39, 0.29) is 11.6 Å². The average molecular weight is 281 g/mol. The lowest BCUT2D eigenvalue weighted by Gasteiger charge is -2.12. The second-order valence-electron chi connectivity index (χ2n) is 4.49. The predicted molar refractivity (Wildman–Crippen MR) is 75.5 cm³/mol. The van der Waals surface area contributed by atoms with Crippen LogP contribution in [0.5, 0.6) is 0 Å². The molecule has 0 heterocycles. The number of hydrogen-bond acceptors (Lipinski definition) is 5. The number of nitro benzene ring substituents is 1. The maximum Gasteiger partial charge on any atom is 0.272 e. The molecule has 7 heteroatoms. The average Bonchev–Trinajstić information content (AvgIpc) is 2.38. The molecule has 0 saturated carbocycles. The molecule has 0 aliphatic heterocycles. The number of amides is 1. The highest BCUT2D eigenvalue weighted by Crippen LogP contribution is 2.21. The van der Waals surface area contributed by atoms with Gasteiger partial charge in [0.1, 0.15) is 0 Å². The SMILES string of the molecule is COCCCC(N)C(=O)Nc1ccc([N+](=O)[O-])c(C)c1. The Morgan fingerprint density at radius 1 is 1.55 bits per heavy atom. The van der Waals surface area contributed by atoms with E-state index in [9.17, 15) is 14.9 Å². The van der Waals surface area contributed by atoms with Gasteiger partial charge in [-0.2, -0.15) is 0 Å². The highest BCUT2D eigenvalue weighted by Gasteiger charge is 2.15. The smallest absolute Gasteiger partial charge is 0.272 e. The fraction of sp³-hybridized carbons (Fsp3) is 0.462. The van der Waals surface area contributed by atoms with Gasteiger partial charge in [0, 0.05) is 31.0 Å². The number of methoxy groups -OCH3 is 1. The first-order chi connectivity index (χ1) is 9.45. The summed E-state index contributed by atoms with van der Waals surface area (Å²) in [4.78, 5) is 22.1. The van der Waals surface area contributed by atoms with Crippen molar-refractivity contribution in [2.24, 2.45) is 5.73 Å². The molecule has 0 aliphatic carbocycles. The highest BCUT2D eigenvalue weighted by molar-refractivity contribution is 5.94. The summed E-state index contributed by atoms with van der Waals surface area (Å²) in [6.07, 6.45) is 1.22. The molecule has 7 nitrogen and oxygen atoms in total. The van der Waals surface area contributed by atoms with Crippen molar-refractivity contribution in [1.82, 2.24) is 0 Å². The van der Waals surface area contributed by atoms with Crippen molar-refractivity contribution in [3.05, 3.63) is 33.9 Å². The van der Waals surface area contributed by atoms with Gasteiger partial charge in [0.05, 0.1) is 11.0 Å². The van der Waals surface area contributed by atoms with Crippen LogP contribution in [0.2, 0.25) is 0 Å². The van der Waals surface area contributed by atoms with Crippen LogP contribution in [0.3, 0.4) is 0 Å². The molecule has 0 spiro atoms. The van der Waals surface area contributed by atoms with Gasteiger partial charge < -0.3 is 15.8 Å². The third-order valence-corrected chi connectivity index (χ3v) is 2.86. The molecule has 0 aliphatic rings. The fourth-order valence-electron chi connectivity index (χ4n) is 1.75. The molecule has 20 heavy (non-hydrogen) atoms. The van der Waals surface area contributed by atoms with E-state index >= 15 is 0 Å². The van der Waals surface area contributed by atoms with Crippen LogP contribution in [0.15, 0.2) is 18.2 Å². The zero-order valence-corrected chi connectivity index (χ0v) is 11.6. The molecular weight excluding hydrogens is 262 g/mol. The van der Waals surface area contributed by atoms with Crippen LogP contribution < -0.4 is 11.1 Å². The Bertz CT molecular complexity index is 491. The minimum Gasteiger partial charge on any atom is -0.385 e. The van der Waals surface area contributed by atoms with Crippen LogP contribution in [0.1, 0.15) is 18.4 Å². The van der Waals surface area contributed by atoms with E-state index in [1.165, 1.54) is 12.1 Å². The van der Waals surface area contributed by atoms with Gasteiger partial charge >= 0.3 is 0 Å². The Morgan fingerprint density at radius 3 is 2.80 bits per heavy atom. The van der Waals surface area contributed by atoms with Gasteiger partial charge in [-0.3, -0.25) is 14.9 Å². The number of benzene rings is 1. The van der Waals surface area contributed by atoms with E-state index in [0.717, 1.165) is 0 Å². The first-order valence-corrected chi connectivity index (χ1v) is 6.26. The summed E-state index contributed by atoms with van der Waals surface area (Å²) >= 11 is 0. The Balaban J connectivity index is 2.62. The Kier molecular flexibility index (Phi) is 6.08. The monoisotopic (exact) mass is 281 g/mol. The molecule has 0 bridgehead atoms. The van der Waals surface area contributed by atoms with Crippen LogP contribution in [0.4, 0.5) is 11.4 Å². The maximum absolute atomic E-state index is 11.8. The van der Waals surface area contributed by atoms with Crippen molar-refractivity contribution < 1.29 is 14.5 Å². The second kappa shape index (κ2) is 7.56. The van der Waals surface area contributed by atoms with Gasteiger partial charge in [0.2, 0.25) is 5.91 Å². The number of nitro groups is 1. The molecule has 1 rings (SSSR count). The number of aryl methyl sites for hydroxylation is 1. The van der Waals surface area contributed by atoms with Gasteiger partial charge in [-0.25, -0.2) is 0 Å². The highest BCUT2D eigenvalue weighted by atomic mass is 16.6. The molecule has 1 aromatic carbocycles. The van der Waals surface area contributed by atoms with Gasteiger partial charge in [-0.15, -0.1) is 0 Å². The van der Waals surface area contributed by atoms with Crippen LogP contribution in [0, 0.1) is 17.0 Å². The summed E-state index contributed by atoms with van der Waals surface area (Å²) in [5.74, 6) is -0.311. The lowest BCUT2D eigenvalue weighted by atomic mass is 10.1. The van der Waals surface area contributed by atoms with Crippen molar-refractivity contribution in [3.63, 3.8) is 0 Å². The summed E-state index contributed by atoms with van der Waals surface area (Å²) in [7, 11) is 1.59. The molecular formula is C13H19N3O4. The van der Waals surface area contributed by atoms with Gasteiger partial charge in [0.15, 0.2) is 0 Å². The number of nitrogens with one attached hydrogen (secondary N) is 1. The molecule has 0 fully saturated rings. The van der Waals surface area contributed by atoms with Crippen LogP contribution in [-0.2, 0) is 9.53 Å². The Hall–Kier alpha value is -1.99.